The van der Waals surface area contributed by atoms with Crippen LogP contribution in [0, 0.1) is 17.8 Å². The van der Waals surface area contributed by atoms with Gasteiger partial charge in [0.1, 0.15) is 24.0 Å². The maximum Gasteiger partial charge on any atom is 0.329 e. The number of alkyl halides is 2. The molecule has 0 spiro atoms. The fourth-order valence-corrected chi connectivity index (χ4v) is 10.4. The highest BCUT2D eigenvalue weighted by atomic mass is 19.3. The number of amides is 3. The van der Waals surface area contributed by atoms with Crippen molar-refractivity contribution in [3.63, 3.8) is 0 Å². The minimum absolute atomic E-state index is 0.00993. The highest BCUT2D eigenvalue weighted by molar-refractivity contribution is 6.08. The zero-order chi connectivity index (χ0) is 44.1. The number of likely N-dealkylation sites (tertiary alicyclic amines) is 1. The number of halogens is 2. The molecule has 8 heterocycles. The van der Waals surface area contributed by atoms with Crippen molar-refractivity contribution in [3.05, 3.63) is 70.2 Å². The Kier molecular flexibility index (Phi) is 11.5. The summed E-state index contributed by atoms with van der Waals surface area (Å²) in [5.41, 5.74) is 1.73. The molecule has 5 fully saturated rings. The number of hydrogen-bond donors (Lipinski definition) is 2. The Bertz CT molecular complexity index is 2720. The van der Waals surface area contributed by atoms with Crippen LogP contribution in [-0.4, -0.2) is 114 Å². The molecule has 3 amide bonds. The van der Waals surface area contributed by atoms with Crippen LogP contribution in [0.5, 0.6) is 0 Å². The highest BCUT2D eigenvalue weighted by Crippen LogP contribution is 2.36. The third-order valence-electron chi connectivity index (χ3n) is 13.7. The number of para-hydroxylation sites is 1. The number of carbonyl (C=O) groups excluding carboxylic acids is 3. The molecule has 17 nitrogen and oxygen atoms in total. The minimum Gasteiger partial charge on any atom is -0.374 e. The molecule has 4 saturated heterocycles. The van der Waals surface area contributed by atoms with Crippen molar-refractivity contribution < 1.29 is 32.6 Å². The SMILES string of the molecule is CCn1c(=O)n(C2CCC(=O)NC2=O)c2cccc(C#CCOC3CCN(C[C@H]4CC[C@H](n5cc(NC(=O)c6cnn7ccc(N8C[C@H]9C[C@@H]8CO9)nc67)c(C(F)F)n5)CC4)CC3)c21. The second-order valence-electron chi connectivity index (χ2n) is 17.6. The first-order valence-corrected chi connectivity index (χ1v) is 22.4. The van der Waals surface area contributed by atoms with Gasteiger partial charge < -0.3 is 24.6 Å². The minimum atomic E-state index is -2.86. The number of benzene rings is 1. The first kappa shape index (κ1) is 42.0. The normalized spacial score (nSPS) is 24.2. The molecule has 0 radical (unpaired) electrons. The van der Waals surface area contributed by atoms with Gasteiger partial charge in [0.2, 0.25) is 11.8 Å². The summed E-state index contributed by atoms with van der Waals surface area (Å²) in [6.45, 7) is 6.68. The van der Waals surface area contributed by atoms with E-state index in [-0.39, 0.29) is 66.6 Å². The third kappa shape index (κ3) is 8.07. The number of hydrogen-bond acceptors (Lipinski definition) is 11. The average molecular weight is 880 g/mol. The van der Waals surface area contributed by atoms with Crippen LogP contribution >= 0.6 is 0 Å². The van der Waals surface area contributed by atoms with E-state index in [9.17, 15) is 28.0 Å². The van der Waals surface area contributed by atoms with Crippen molar-refractivity contribution in [2.45, 2.75) is 108 Å². The lowest BCUT2D eigenvalue weighted by molar-refractivity contribution is -0.135. The summed E-state index contributed by atoms with van der Waals surface area (Å²) < 4.78 is 46.7. The quantitative estimate of drug-likeness (QED) is 0.142. The number of carbonyl (C=O) groups is 3. The molecule has 2 bridgehead atoms. The van der Waals surface area contributed by atoms with Gasteiger partial charge in [-0.3, -0.25) is 33.5 Å². The topological polar surface area (TPSA) is 175 Å². The summed E-state index contributed by atoms with van der Waals surface area (Å²) in [5.74, 6) is 6.18. The second-order valence-corrected chi connectivity index (χ2v) is 17.6. The van der Waals surface area contributed by atoms with Crippen LogP contribution in [0.2, 0.25) is 0 Å². The van der Waals surface area contributed by atoms with Crippen LogP contribution in [0.15, 0.2) is 47.7 Å². The molecular formula is C45H51F2N11O6. The Balaban J connectivity index is 0.704. The van der Waals surface area contributed by atoms with Gasteiger partial charge in [-0.2, -0.15) is 10.2 Å². The van der Waals surface area contributed by atoms with Crippen LogP contribution in [-0.2, 0) is 25.6 Å². The molecule has 5 aliphatic rings. The molecule has 64 heavy (non-hydrogen) atoms. The smallest absolute Gasteiger partial charge is 0.329 e. The van der Waals surface area contributed by atoms with Crippen molar-refractivity contribution in [2.75, 3.05) is 49.6 Å². The molecule has 5 aromatic rings. The predicted octanol–water partition coefficient (Wildman–Crippen LogP) is 4.47. The molecule has 1 saturated carbocycles. The van der Waals surface area contributed by atoms with Gasteiger partial charge in [-0.1, -0.05) is 17.9 Å². The number of morpholine rings is 1. The van der Waals surface area contributed by atoms with E-state index in [1.165, 1.54) is 21.5 Å². The third-order valence-corrected chi connectivity index (χ3v) is 13.7. The van der Waals surface area contributed by atoms with Crippen LogP contribution in [0.1, 0.15) is 105 Å². The molecule has 1 aromatic carbocycles. The summed E-state index contributed by atoms with van der Waals surface area (Å²) in [6, 6.07) is 6.79. The van der Waals surface area contributed by atoms with Gasteiger partial charge in [0.05, 0.1) is 59.4 Å². The van der Waals surface area contributed by atoms with E-state index >= 15 is 0 Å². The van der Waals surface area contributed by atoms with E-state index in [4.69, 9.17) is 14.5 Å². The Morgan fingerprint density at radius 3 is 2.62 bits per heavy atom. The molecule has 3 atom stereocenters. The summed E-state index contributed by atoms with van der Waals surface area (Å²) in [4.78, 5) is 60.9. The first-order chi connectivity index (χ1) is 31.1. The summed E-state index contributed by atoms with van der Waals surface area (Å²) in [7, 11) is 0. The van der Waals surface area contributed by atoms with Crippen molar-refractivity contribution >= 4 is 45.9 Å². The zero-order valence-corrected chi connectivity index (χ0v) is 35.6. The Morgan fingerprint density at radius 1 is 1.06 bits per heavy atom. The molecule has 336 valence electrons. The van der Waals surface area contributed by atoms with Gasteiger partial charge >= 0.3 is 5.69 Å². The van der Waals surface area contributed by atoms with Crippen LogP contribution < -0.4 is 21.2 Å². The number of anilines is 2. The fraction of sp³-hybridized carbons (Fsp3) is 0.533. The number of fused-ring (bicyclic) bond motifs is 4. The molecule has 4 aromatic heterocycles. The Hall–Kier alpha value is -5.97. The van der Waals surface area contributed by atoms with Crippen LogP contribution in [0.3, 0.4) is 0 Å². The second kappa shape index (κ2) is 17.5. The van der Waals surface area contributed by atoms with Gasteiger partial charge in [0.25, 0.3) is 12.3 Å². The highest BCUT2D eigenvalue weighted by Gasteiger charge is 2.40. The maximum absolute atomic E-state index is 14.3. The van der Waals surface area contributed by atoms with Gasteiger partial charge in [-0.25, -0.2) is 23.1 Å². The van der Waals surface area contributed by atoms with Gasteiger partial charge in [-0.05, 0) is 82.4 Å². The number of imide groups is 1. The molecule has 19 heteroatoms. The lowest BCUT2D eigenvalue weighted by Gasteiger charge is -2.36. The van der Waals surface area contributed by atoms with E-state index in [0.29, 0.717) is 41.3 Å². The van der Waals surface area contributed by atoms with E-state index in [1.54, 1.807) is 15.4 Å². The number of rotatable bonds is 11. The number of aryl methyl sites for hydroxylation is 1. The summed E-state index contributed by atoms with van der Waals surface area (Å²) in [6.07, 6.45) is 8.74. The molecule has 1 aliphatic carbocycles. The zero-order valence-electron chi connectivity index (χ0n) is 35.6. The maximum atomic E-state index is 14.3. The van der Waals surface area contributed by atoms with Crippen molar-refractivity contribution in [1.29, 1.82) is 0 Å². The molecule has 4 aliphatic heterocycles. The summed E-state index contributed by atoms with van der Waals surface area (Å²) >= 11 is 0. The number of nitrogens with one attached hydrogen (secondary N) is 2. The monoisotopic (exact) mass is 879 g/mol. The molecule has 2 N–H and O–H groups in total. The summed E-state index contributed by atoms with van der Waals surface area (Å²) in [5, 5.41) is 13.6. The van der Waals surface area contributed by atoms with Crippen LogP contribution in [0.25, 0.3) is 16.7 Å². The average Bonchev–Trinajstić information content (AvgIpc) is 4.15. The fourth-order valence-electron chi connectivity index (χ4n) is 10.4. The van der Waals surface area contributed by atoms with Crippen molar-refractivity contribution in [1.82, 2.24) is 43.7 Å². The van der Waals surface area contributed by atoms with E-state index in [1.807, 2.05) is 31.2 Å². The van der Waals surface area contributed by atoms with E-state index in [0.717, 1.165) is 76.9 Å². The van der Waals surface area contributed by atoms with Crippen LogP contribution in [0.4, 0.5) is 20.3 Å². The number of imidazole rings is 1. The molecule has 1 unspecified atom stereocenters. The van der Waals surface area contributed by atoms with Gasteiger partial charge in [-0.15, -0.1) is 0 Å². The molecular weight excluding hydrogens is 829 g/mol. The number of aromatic nitrogens is 7. The lowest BCUT2D eigenvalue weighted by Crippen LogP contribution is -2.44. The lowest BCUT2D eigenvalue weighted by atomic mass is 9.85. The van der Waals surface area contributed by atoms with Gasteiger partial charge in [0.15, 0.2) is 11.3 Å². The Morgan fingerprint density at radius 2 is 1.89 bits per heavy atom. The number of piperidine rings is 2. The van der Waals surface area contributed by atoms with E-state index in [2.05, 4.69) is 42.5 Å². The largest absolute Gasteiger partial charge is 0.374 e. The Labute approximate surface area is 367 Å². The first-order valence-electron chi connectivity index (χ1n) is 22.4. The van der Waals surface area contributed by atoms with Crippen molar-refractivity contribution in [3.8, 4) is 11.8 Å². The standard InChI is InChI=1S/C45H51F2N11O6/c1-2-54-40-28(5-3-7-35(40)58(45(54)62)36-12-13-38(59)51-44(36)61)6-4-20-63-31-14-17-53(18-15-31)23-27-8-10-29(11-9-27)57-25-34(39(52-57)41(46)47)49-43(60)33-22-48-56-19-16-37(50-42(33)56)55-24-32-21-30(55)26-64-32/h3,5,7,16,19,22,25,27,29-32,36,41H,2,8-15,17-18,20-21,23-24,26H2,1H3,(H,49,60)(H,51,59,61)/t27-,29-,30-,32-,36?/m1/s1. The van der Waals surface area contributed by atoms with E-state index < -0.39 is 30.0 Å². The van der Waals surface area contributed by atoms with Gasteiger partial charge in [0, 0.05) is 51.5 Å². The molecule has 10 rings (SSSR count). The number of nitrogens with zero attached hydrogens (tertiary/aromatic N) is 9. The number of ether oxygens (including phenoxy) is 2. The van der Waals surface area contributed by atoms with Crippen molar-refractivity contribution in [2.24, 2.45) is 5.92 Å². The predicted molar refractivity (Wildman–Crippen MR) is 230 cm³/mol.